The summed E-state index contributed by atoms with van der Waals surface area (Å²) >= 11 is 0. The average Bonchev–Trinajstić information content (AvgIpc) is 2.68. The van der Waals surface area contributed by atoms with Crippen molar-refractivity contribution in [3.05, 3.63) is 23.5 Å². The Kier molecular flexibility index (Phi) is 6.29. The molecule has 2 aromatic rings. The third-order valence-corrected chi connectivity index (χ3v) is 2.78. The Labute approximate surface area is 115 Å². The molecule has 19 heavy (non-hydrogen) atoms. The number of fused-ring (bicyclic) bond motifs is 1. The lowest BCUT2D eigenvalue weighted by Crippen LogP contribution is -2.04. The van der Waals surface area contributed by atoms with E-state index in [1.54, 1.807) is 6.07 Å². The van der Waals surface area contributed by atoms with Crippen molar-refractivity contribution in [1.82, 2.24) is 19.9 Å². The van der Waals surface area contributed by atoms with Gasteiger partial charge in [-0.15, -0.1) is 5.10 Å². The number of nitrogens with one attached hydrogen (secondary N) is 1. The highest BCUT2D eigenvalue weighted by atomic mass is 15.3. The Balaban J connectivity index is 0.000000312. The van der Waals surface area contributed by atoms with Crippen molar-refractivity contribution in [3.63, 3.8) is 0 Å². The molecule has 2 aromatic heterocycles. The molecule has 2 heterocycles. The lowest BCUT2D eigenvalue weighted by molar-refractivity contribution is 0.772. The number of nitrogen functional groups attached to an aromatic ring is 1. The smallest absolute Gasteiger partial charge is 0.154 e. The highest BCUT2D eigenvalue weighted by Gasteiger charge is 2.08. The second kappa shape index (κ2) is 7.74. The van der Waals surface area contributed by atoms with Crippen LogP contribution in [0.5, 0.6) is 0 Å². The quantitative estimate of drug-likeness (QED) is 0.887. The molecule has 106 valence electrons. The van der Waals surface area contributed by atoms with Gasteiger partial charge in [-0.1, -0.05) is 20.3 Å². The maximum Gasteiger partial charge on any atom is 0.154 e. The van der Waals surface area contributed by atoms with Crippen LogP contribution in [0.3, 0.4) is 0 Å². The number of nitrogens with two attached hydrogens (primary N) is 1. The molecule has 0 fully saturated rings. The summed E-state index contributed by atoms with van der Waals surface area (Å²) in [4.78, 5) is 4.42. The van der Waals surface area contributed by atoms with E-state index in [9.17, 15) is 0 Å². The summed E-state index contributed by atoms with van der Waals surface area (Å²) in [6.07, 6.45) is 3.31. The van der Waals surface area contributed by atoms with Crippen molar-refractivity contribution in [2.24, 2.45) is 0 Å². The van der Waals surface area contributed by atoms with Crippen molar-refractivity contribution in [1.29, 1.82) is 0 Å². The maximum absolute atomic E-state index is 5.64. The Morgan fingerprint density at radius 1 is 1.26 bits per heavy atom. The fourth-order valence-electron chi connectivity index (χ4n) is 1.88. The highest BCUT2D eigenvalue weighted by Crippen LogP contribution is 2.13. The number of hydrogen-bond donors (Lipinski definition) is 2. The Morgan fingerprint density at radius 3 is 2.53 bits per heavy atom. The highest BCUT2D eigenvalue weighted by molar-refractivity contribution is 5.45. The van der Waals surface area contributed by atoms with E-state index in [4.69, 9.17) is 5.73 Å². The van der Waals surface area contributed by atoms with Crippen LogP contribution in [0, 0.1) is 6.92 Å². The minimum Gasteiger partial charge on any atom is -0.382 e. The fourth-order valence-corrected chi connectivity index (χ4v) is 1.88. The minimum atomic E-state index is 0.534. The van der Waals surface area contributed by atoms with E-state index in [2.05, 4.69) is 29.2 Å². The molecule has 0 atom stereocenters. The number of aryl methyl sites for hydroxylation is 2. The summed E-state index contributed by atoms with van der Waals surface area (Å²) in [5.41, 5.74) is 8.72. The van der Waals surface area contributed by atoms with Gasteiger partial charge in [0.25, 0.3) is 0 Å². The molecule has 0 amide bonds. The van der Waals surface area contributed by atoms with Crippen molar-refractivity contribution >= 4 is 11.5 Å². The molecule has 0 aliphatic carbocycles. The first-order valence-electron chi connectivity index (χ1n) is 6.89. The van der Waals surface area contributed by atoms with Gasteiger partial charge < -0.3 is 11.1 Å². The van der Waals surface area contributed by atoms with Crippen LogP contribution in [0.4, 0.5) is 5.82 Å². The summed E-state index contributed by atoms with van der Waals surface area (Å²) < 4.78 is 1.84. The standard InChI is InChI=1S/C10H14N4.C4H11N/c1-3-4-8-7(2)12-10-6-5-9(11)13-14(8)10;1-3-4-5-2/h5-6H,3-4H2,1-2H3,(H2,11,13);5H,3-4H2,1-2H3. The molecule has 0 spiro atoms. The summed E-state index contributed by atoms with van der Waals surface area (Å²) in [5, 5.41) is 7.26. The van der Waals surface area contributed by atoms with Gasteiger partial charge >= 0.3 is 0 Å². The van der Waals surface area contributed by atoms with Gasteiger partial charge in [-0.25, -0.2) is 9.50 Å². The SMILES string of the molecule is CCCNC.CCCc1c(C)nc2ccc(N)nn12. The van der Waals surface area contributed by atoms with E-state index < -0.39 is 0 Å². The van der Waals surface area contributed by atoms with Crippen molar-refractivity contribution in [2.75, 3.05) is 19.3 Å². The predicted octanol–water partition coefficient (Wildman–Crippen LogP) is 2.19. The second-order valence-electron chi connectivity index (χ2n) is 4.53. The topological polar surface area (TPSA) is 68.2 Å². The molecular weight excluding hydrogens is 238 g/mol. The van der Waals surface area contributed by atoms with Crippen LogP contribution in [0.2, 0.25) is 0 Å². The lowest BCUT2D eigenvalue weighted by atomic mass is 10.2. The third kappa shape index (κ3) is 4.21. The zero-order valence-electron chi connectivity index (χ0n) is 12.4. The molecule has 0 saturated heterocycles. The monoisotopic (exact) mass is 263 g/mol. The van der Waals surface area contributed by atoms with E-state index in [0.29, 0.717) is 5.82 Å². The Bertz CT molecular complexity index is 502. The molecule has 3 N–H and O–H groups in total. The van der Waals surface area contributed by atoms with Crippen LogP contribution < -0.4 is 11.1 Å². The van der Waals surface area contributed by atoms with Crippen LogP contribution in [0.1, 0.15) is 38.1 Å². The van der Waals surface area contributed by atoms with Crippen molar-refractivity contribution in [2.45, 2.75) is 40.0 Å². The predicted molar refractivity (Wildman–Crippen MR) is 80.3 cm³/mol. The van der Waals surface area contributed by atoms with Crippen LogP contribution >= 0.6 is 0 Å². The molecule has 0 unspecified atom stereocenters. The summed E-state index contributed by atoms with van der Waals surface area (Å²) in [6.45, 7) is 7.44. The molecule has 5 nitrogen and oxygen atoms in total. The second-order valence-corrected chi connectivity index (χ2v) is 4.53. The first-order valence-corrected chi connectivity index (χ1v) is 6.89. The van der Waals surface area contributed by atoms with Crippen LogP contribution in [0.25, 0.3) is 5.65 Å². The van der Waals surface area contributed by atoms with Gasteiger partial charge in [0.05, 0.1) is 11.4 Å². The van der Waals surface area contributed by atoms with E-state index in [0.717, 1.165) is 36.4 Å². The summed E-state index contributed by atoms with van der Waals surface area (Å²) in [5.74, 6) is 0.534. The lowest BCUT2D eigenvalue weighted by Gasteiger charge is -2.00. The fraction of sp³-hybridized carbons (Fsp3) is 0.571. The number of aromatic nitrogens is 3. The molecule has 0 aromatic carbocycles. The zero-order chi connectivity index (χ0) is 14.3. The third-order valence-electron chi connectivity index (χ3n) is 2.78. The van der Waals surface area contributed by atoms with E-state index in [-0.39, 0.29) is 0 Å². The number of nitrogens with zero attached hydrogens (tertiary/aromatic N) is 3. The normalized spacial score (nSPS) is 10.3. The van der Waals surface area contributed by atoms with E-state index >= 15 is 0 Å². The van der Waals surface area contributed by atoms with Gasteiger partial charge in [0.2, 0.25) is 0 Å². The van der Waals surface area contributed by atoms with Gasteiger partial charge in [0.15, 0.2) is 5.65 Å². The summed E-state index contributed by atoms with van der Waals surface area (Å²) in [6, 6.07) is 3.67. The molecule has 0 aliphatic heterocycles. The molecule has 2 rings (SSSR count). The average molecular weight is 263 g/mol. The van der Waals surface area contributed by atoms with Crippen LogP contribution in [-0.2, 0) is 6.42 Å². The van der Waals surface area contributed by atoms with Gasteiger partial charge in [-0.2, -0.15) is 0 Å². The first-order chi connectivity index (χ1) is 9.13. The van der Waals surface area contributed by atoms with E-state index in [1.807, 2.05) is 24.6 Å². The molecule has 5 heteroatoms. The largest absolute Gasteiger partial charge is 0.382 e. The van der Waals surface area contributed by atoms with Gasteiger partial charge in [0.1, 0.15) is 5.82 Å². The number of rotatable bonds is 4. The minimum absolute atomic E-state index is 0.534. The van der Waals surface area contributed by atoms with Crippen LogP contribution in [-0.4, -0.2) is 28.2 Å². The Hall–Kier alpha value is -1.62. The van der Waals surface area contributed by atoms with Crippen molar-refractivity contribution in [3.8, 4) is 0 Å². The van der Waals surface area contributed by atoms with Gasteiger partial charge in [-0.3, -0.25) is 0 Å². The van der Waals surface area contributed by atoms with E-state index in [1.165, 1.54) is 6.42 Å². The van der Waals surface area contributed by atoms with Crippen molar-refractivity contribution < 1.29 is 0 Å². The molecule has 0 saturated carbocycles. The molecule has 0 aliphatic rings. The van der Waals surface area contributed by atoms with Gasteiger partial charge in [-0.05, 0) is 45.5 Å². The number of anilines is 1. The first kappa shape index (κ1) is 15.4. The number of imidazole rings is 1. The molecule has 0 radical (unpaired) electrons. The molecule has 0 bridgehead atoms. The maximum atomic E-state index is 5.64. The zero-order valence-corrected chi connectivity index (χ0v) is 12.4. The number of hydrogen-bond acceptors (Lipinski definition) is 4. The summed E-state index contributed by atoms with van der Waals surface area (Å²) in [7, 11) is 1.96. The van der Waals surface area contributed by atoms with Crippen LogP contribution in [0.15, 0.2) is 12.1 Å². The Morgan fingerprint density at radius 2 is 2.00 bits per heavy atom. The van der Waals surface area contributed by atoms with Gasteiger partial charge in [0, 0.05) is 0 Å². The molecular formula is C14H25N5.